The van der Waals surface area contributed by atoms with Crippen LogP contribution < -0.4 is 5.32 Å². The monoisotopic (exact) mass is 396 g/mol. The SMILES string of the molecule is Cc1cc(C2C(c3ccccn3)NC(=S)N2CC2CCCO2)c(C)n1C1CC1. The summed E-state index contributed by atoms with van der Waals surface area (Å²) < 4.78 is 8.47. The van der Waals surface area contributed by atoms with Gasteiger partial charge in [-0.2, -0.15) is 0 Å². The molecule has 5 rings (SSSR count). The van der Waals surface area contributed by atoms with Crippen molar-refractivity contribution in [3.8, 4) is 0 Å². The molecule has 4 heterocycles. The first-order chi connectivity index (χ1) is 13.6. The van der Waals surface area contributed by atoms with Crippen molar-refractivity contribution in [2.45, 2.75) is 63.8 Å². The third-order valence-corrected chi connectivity index (χ3v) is 6.73. The van der Waals surface area contributed by atoms with Crippen molar-refractivity contribution in [1.29, 1.82) is 0 Å². The van der Waals surface area contributed by atoms with Crippen molar-refractivity contribution in [2.75, 3.05) is 13.2 Å². The maximum absolute atomic E-state index is 5.95. The average molecular weight is 397 g/mol. The fraction of sp³-hybridized carbons (Fsp3) is 0.545. The molecule has 2 aromatic rings. The van der Waals surface area contributed by atoms with Crippen molar-refractivity contribution in [3.05, 3.63) is 53.1 Å². The zero-order valence-corrected chi connectivity index (χ0v) is 17.4. The fourth-order valence-electron chi connectivity index (χ4n) is 4.95. The predicted molar refractivity (Wildman–Crippen MR) is 113 cm³/mol. The molecule has 3 fully saturated rings. The average Bonchev–Trinajstić information content (AvgIpc) is 3.16. The van der Waals surface area contributed by atoms with E-state index in [0.29, 0.717) is 6.04 Å². The Labute approximate surface area is 172 Å². The third kappa shape index (κ3) is 3.12. The van der Waals surface area contributed by atoms with Gasteiger partial charge in [-0.1, -0.05) is 6.07 Å². The normalized spacial score (nSPS) is 27.4. The fourth-order valence-corrected chi connectivity index (χ4v) is 5.26. The molecule has 1 saturated carbocycles. The lowest BCUT2D eigenvalue weighted by molar-refractivity contribution is 0.0841. The summed E-state index contributed by atoms with van der Waals surface area (Å²) in [6.07, 6.45) is 6.97. The van der Waals surface area contributed by atoms with Gasteiger partial charge in [0.1, 0.15) is 0 Å². The number of ether oxygens (including phenoxy) is 1. The van der Waals surface area contributed by atoms with E-state index in [9.17, 15) is 0 Å². The number of nitrogens with zero attached hydrogens (tertiary/aromatic N) is 3. The van der Waals surface area contributed by atoms with Gasteiger partial charge in [-0.15, -0.1) is 0 Å². The topological polar surface area (TPSA) is 42.3 Å². The van der Waals surface area contributed by atoms with Crippen LogP contribution in [0.25, 0.3) is 0 Å². The molecule has 6 heteroatoms. The molecule has 3 aliphatic rings. The Morgan fingerprint density at radius 3 is 2.79 bits per heavy atom. The summed E-state index contributed by atoms with van der Waals surface area (Å²) in [5.74, 6) is 0. The first-order valence-electron chi connectivity index (χ1n) is 10.4. The smallest absolute Gasteiger partial charge is 0.170 e. The number of hydrogen-bond donors (Lipinski definition) is 1. The Balaban J connectivity index is 1.55. The van der Waals surface area contributed by atoms with Gasteiger partial charge in [0, 0.05) is 36.8 Å². The number of thiocarbonyl (C=S) groups is 1. The second-order valence-electron chi connectivity index (χ2n) is 8.34. The van der Waals surface area contributed by atoms with Gasteiger partial charge in [0.05, 0.1) is 23.9 Å². The van der Waals surface area contributed by atoms with Crippen molar-refractivity contribution >= 4 is 17.3 Å². The number of pyridine rings is 1. The van der Waals surface area contributed by atoms with E-state index in [2.05, 4.69) is 51.8 Å². The molecule has 3 unspecified atom stereocenters. The maximum Gasteiger partial charge on any atom is 0.170 e. The van der Waals surface area contributed by atoms with E-state index in [0.717, 1.165) is 36.8 Å². The molecule has 28 heavy (non-hydrogen) atoms. The van der Waals surface area contributed by atoms with Gasteiger partial charge < -0.3 is 19.5 Å². The van der Waals surface area contributed by atoms with Crippen LogP contribution in [0.2, 0.25) is 0 Å². The molecule has 0 spiro atoms. The van der Waals surface area contributed by atoms with Crippen LogP contribution >= 0.6 is 12.2 Å². The van der Waals surface area contributed by atoms with Crippen molar-refractivity contribution in [2.24, 2.45) is 0 Å². The van der Waals surface area contributed by atoms with Gasteiger partial charge in [0.25, 0.3) is 0 Å². The predicted octanol–water partition coefficient (Wildman–Crippen LogP) is 3.99. The van der Waals surface area contributed by atoms with Gasteiger partial charge in [-0.3, -0.25) is 4.98 Å². The van der Waals surface area contributed by atoms with Crippen LogP contribution in [0.1, 0.15) is 66.5 Å². The molecule has 2 aromatic heterocycles. The summed E-state index contributed by atoms with van der Waals surface area (Å²) in [6, 6.07) is 9.37. The summed E-state index contributed by atoms with van der Waals surface area (Å²) in [5.41, 5.74) is 5.13. The van der Waals surface area contributed by atoms with E-state index in [-0.39, 0.29) is 18.2 Å². The summed E-state index contributed by atoms with van der Waals surface area (Å²) >= 11 is 5.80. The zero-order valence-electron chi connectivity index (χ0n) is 16.6. The van der Waals surface area contributed by atoms with Gasteiger partial charge >= 0.3 is 0 Å². The van der Waals surface area contributed by atoms with Crippen LogP contribution in [0.3, 0.4) is 0 Å². The van der Waals surface area contributed by atoms with Gasteiger partial charge in [-0.05, 0) is 75.5 Å². The first-order valence-corrected chi connectivity index (χ1v) is 10.8. The second-order valence-corrected chi connectivity index (χ2v) is 8.73. The molecular weight excluding hydrogens is 368 g/mol. The number of hydrogen-bond acceptors (Lipinski definition) is 3. The Morgan fingerprint density at radius 1 is 1.25 bits per heavy atom. The minimum atomic E-state index is 0.0586. The third-order valence-electron chi connectivity index (χ3n) is 6.38. The summed E-state index contributed by atoms with van der Waals surface area (Å²) in [6.45, 7) is 6.20. The van der Waals surface area contributed by atoms with Gasteiger partial charge in [0.15, 0.2) is 5.11 Å². The molecule has 0 aromatic carbocycles. The highest BCUT2D eigenvalue weighted by atomic mass is 32.1. The van der Waals surface area contributed by atoms with Crippen LogP contribution in [0.15, 0.2) is 30.5 Å². The highest BCUT2D eigenvalue weighted by Crippen LogP contribution is 2.44. The molecule has 0 radical (unpaired) electrons. The van der Waals surface area contributed by atoms with Crippen LogP contribution in [-0.2, 0) is 4.74 Å². The molecule has 3 atom stereocenters. The molecule has 0 amide bonds. The summed E-state index contributed by atoms with van der Waals surface area (Å²) in [5, 5.41) is 4.39. The van der Waals surface area contributed by atoms with Crippen molar-refractivity contribution < 1.29 is 4.74 Å². The number of nitrogens with one attached hydrogen (secondary N) is 1. The van der Waals surface area contributed by atoms with E-state index in [4.69, 9.17) is 17.0 Å². The van der Waals surface area contributed by atoms with E-state index in [1.165, 1.54) is 29.8 Å². The minimum Gasteiger partial charge on any atom is -0.376 e. The lowest BCUT2D eigenvalue weighted by Gasteiger charge is -2.30. The van der Waals surface area contributed by atoms with Gasteiger partial charge in [0.2, 0.25) is 0 Å². The quantitative estimate of drug-likeness (QED) is 0.774. The molecule has 0 bridgehead atoms. The van der Waals surface area contributed by atoms with E-state index < -0.39 is 0 Å². The number of aromatic nitrogens is 2. The van der Waals surface area contributed by atoms with E-state index >= 15 is 0 Å². The highest BCUT2D eigenvalue weighted by Gasteiger charge is 2.43. The van der Waals surface area contributed by atoms with Crippen LogP contribution in [-0.4, -0.2) is 38.8 Å². The molecule has 1 aliphatic carbocycles. The molecule has 2 saturated heterocycles. The van der Waals surface area contributed by atoms with Crippen LogP contribution in [0.5, 0.6) is 0 Å². The standard InChI is InChI=1S/C22H28N4OS/c1-14-12-18(15(2)26(14)16-8-9-16)21-20(19-7-3-4-10-23-19)24-22(28)25(21)13-17-6-5-11-27-17/h3-4,7,10,12,16-17,20-21H,5-6,8-9,11,13H2,1-2H3,(H,24,28). The van der Waals surface area contributed by atoms with E-state index in [1.807, 2.05) is 12.3 Å². The Kier molecular flexibility index (Phi) is 4.63. The number of rotatable bonds is 5. The summed E-state index contributed by atoms with van der Waals surface area (Å²) in [7, 11) is 0. The molecule has 1 N–H and O–H groups in total. The van der Waals surface area contributed by atoms with Crippen molar-refractivity contribution in [1.82, 2.24) is 19.8 Å². The molecular formula is C22H28N4OS. The molecule has 5 nitrogen and oxygen atoms in total. The number of aryl methyl sites for hydroxylation is 1. The Hall–Kier alpha value is -1.92. The first kappa shape index (κ1) is 18.1. The van der Waals surface area contributed by atoms with E-state index in [1.54, 1.807) is 0 Å². The second kappa shape index (κ2) is 7.16. The zero-order chi connectivity index (χ0) is 19.3. The Morgan fingerprint density at radius 2 is 2.11 bits per heavy atom. The lowest BCUT2D eigenvalue weighted by Crippen LogP contribution is -2.36. The maximum atomic E-state index is 5.95. The molecule has 148 valence electrons. The largest absolute Gasteiger partial charge is 0.376 e. The Bertz CT molecular complexity index is 870. The van der Waals surface area contributed by atoms with Crippen LogP contribution in [0.4, 0.5) is 0 Å². The van der Waals surface area contributed by atoms with Gasteiger partial charge in [-0.25, -0.2) is 0 Å². The van der Waals surface area contributed by atoms with Crippen LogP contribution in [0, 0.1) is 13.8 Å². The van der Waals surface area contributed by atoms with Crippen molar-refractivity contribution in [3.63, 3.8) is 0 Å². The summed E-state index contributed by atoms with van der Waals surface area (Å²) in [4.78, 5) is 7.01. The molecule has 2 aliphatic heterocycles. The highest BCUT2D eigenvalue weighted by molar-refractivity contribution is 7.80. The minimum absolute atomic E-state index is 0.0586. The lowest BCUT2D eigenvalue weighted by atomic mass is 9.96.